The Bertz CT molecular complexity index is 3040. The molecule has 2 aliphatic rings. The first kappa shape index (κ1) is 51.2. The Morgan fingerprint density at radius 2 is 1.30 bits per heavy atom. The number of nitrogens with zero attached hydrogens (tertiary/aromatic N) is 5. The molecule has 2 saturated heterocycles. The van der Waals surface area contributed by atoms with E-state index in [1.807, 2.05) is 38.1 Å². The number of nitrogens with one attached hydrogen (secondary N) is 1. The predicted molar refractivity (Wildman–Crippen MR) is 252 cm³/mol. The van der Waals surface area contributed by atoms with Gasteiger partial charge < -0.3 is 18.4 Å². The molecule has 352 valence electrons. The number of fused-ring (bicyclic) bond motifs is 2. The lowest BCUT2D eigenvalue weighted by Gasteiger charge is -2.28. The maximum Gasteiger partial charge on any atom is 0.360 e. The van der Waals surface area contributed by atoms with Crippen molar-refractivity contribution in [1.29, 1.82) is 0 Å². The standard InChI is InChI=1S/C22H23N3O5S.C17H13BrN2O5S.C4H9NO2S.CH4/c1-15-7-9-16(10-8-15)14-30-20-18-17(6-5-11-23-18)21(24-19(20)22(26)29-2)25-12-3-4-13-31(25,27)28;1-10-5-7-11(8-6-10)26(22,23)25-15-13-12(4-3-9-19-13)16(18)20-14(15)17(21)24-2;6-8(7)4-2-1-3-5-8;/h5-11H,3-4,12-14H2,1-2H3;3-9H,1-2H3;5H,1-4H2;1H4. The molecule has 0 bridgehead atoms. The summed E-state index contributed by atoms with van der Waals surface area (Å²) in [5.41, 5.74) is 3.08. The lowest BCUT2D eigenvalue weighted by molar-refractivity contribution is 0.0581. The van der Waals surface area contributed by atoms with Gasteiger partial charge in [0.1, 0.15) is 27.1 Å². The Balaban J connectivity index is 0.000000211. The van der Waals surface area contributed by atoms with Crippen molar-refractivity contribution in [1.82, 2.24) is 24.7 Å². The third-order valence-electron chi connectivity index (χ3n) is 9.88. The maximum absolute atomic E-state index is 12.7. The fourth-order valence-corrected chi connectivity index (χ4v) is 10.7. The van der Waals surface area contributed by atoms with Gasteiger partial charge >= 0.3 is 22.1 Å². The van der Waals surface area contributed by atoms with Crippen LogP contribution in [0.3, 0.4) is 0 Å². The molecular formula is C44H49BrN6O12S3. The van der Waals surface area contributed by atoms with Gasteiger partial charge in [-0.3, -0.25) is 14.3 Å². The Morgan fingerprint density at radius 1 is 0.742 bits per heavy atom. The molecule has 6 heterocycles. The third-order valence-corrected chi connectivity index (χ3v) is 15.0. The van der Waals surface area contributed by atoms with E-state index in [4.69, 9.17) is 18.4 Å². The molecule has 66 heavy (non-hydrogen) atoms. The van der Waals surface area contributed by atoms with E-state index >= 15 is 0 Å². The van der Waals surface area contributed by atoms with Gasteiger partial charge in [0, 0.05) is 36.3 Å². The Hall–Kier alpha value is -5.81. The molecule has 6 aromatic rings. The second kappa shape index (κ2) is 22.1. The van der Waals surface area contributed by atoms with Crippen molar-refractivity contribution >= 4 is 85.7 Å². The van der Waals surface area contributed by atoms with Gasteiger partial charge in [-0.2, -0.15) is 8.42 Å². The van der Waals surface area contributed by atoms with Crippen LogP contribution >= 0.6 is 15.9 Å². The quantitative estimate of drug-likeness (QED) is 0.0887. The molecule has 0 radical (unpaired) electrons. The van der Waals surface area contributed by atoms with Crippen molar-refractivity contribution in [2.75, 3.05) is 43.1 Å². The highest BCUT2D eigenvalue weighted by Gasteiger charge is 2.32. The summed E-state index contributed by atoms with van der Waals surface area (Å²) in [5.74, 6) is -1.15. The molecule has 1 N–H and O–H groups in total. The molecule has 0 saturated carbocycles. The zero-order valence-electron chi connectivity index (χ0n) is 35.7. The van der Waals surface area contributed by atoms with Gasteiger partial charge in [-0.1, -0.05) is 55.0 Å². The van der Waals surface area contributed by atoms with Gasteiger partial charge in [0.05, 0.1) is 25.7 Å². The Morgan fingerprint density at radius 3 is 1.85 bits per heavy atom. The summed E-state index contributed by atoms with van der Waals surface area (Å²) < 4.78 is 96.7. The zero-order chi connectivity index (χ0) is 46.9. The number of carbonyl (C=O) groups excluding carboxylic acids is 2. The molecule has 4 aromatic heterocycles. The van der Waals surface area contributed by atoms with Gasteiger partial charge in [-0.05, 0) is 97.4 Å². The Labute approximate surface area is 392 Å². The highest BCUT2D eigenvalue weighted by molar-refractivity contribution is 9.10. The molecule has 22 heteroatoms. The van der Waals surface area contributed by atoms with E-state index in [9.17, 15) is 34.8 Å². The minimum absolute atomic E-state index is 0. The number of pyridine rings is 4. The predicted octanol–water partition coefficient (Wildman–Crippen LogP) is 6.82. The number of carbonyl (C=O) groups is 2. The van der Waals surface area contributed by atoms with E-state index in [0.717, 1.165) is 29.5 Å². The number of aryl methyl sites for hydroxylation is 2. The van der Waals surface area contributed by atoms with Crippen molar-refractivity contribution in [2.24, 2.45) is 0 Å². The molecular weight excluding hydrogens is 981 g/mol. The van der Waals surface area contributed by atoms with Crippen LogP contribution in [0.5, 0.6) is 11.5 Å². The van der Waals surface area contributed by atoms with E-state index < -0.39 is 42.1 Å². The molecule has 2 fully saturated rings. The van der Waals surface area contributed by atoms with Crippen LogP contribution in [0.25, 0.3) is 21.8 Å². The van der Waals surface area contributed by atoms with Crippen LogP contribution in [0.1, 0.15) is 70.8 Å². The molecule has 18 nitrogen and oxygen atoms in total. The number of esters is 2. The van der Waals surface area contributed by atoms with Crippen molar-refractivity contribution in [3.63, 3.8) is 0 Å². The number of halogens is 1. The van der Waals surface area contributed by atoms with E-state index in [2.05, 4.69) is 40.6 Å². The number of methoxy groups -OCH3 is 2. The monoisotopic (exact) mass is 1030 g/mol. The van der Waals surface area contributed by atoms with E-state index in [-0.39, 0.29) is 58.9 Å². The summed E-state index contributed by atoms with van der Waals surface area (Å²) in [7, 11) is -8.16. The van der Waals surface area contributed by atoms with Gasteiger partial charge in [-0.15, -0.1) is 0 Å². The summed E-state index contributed by atoms with van der Waals surface area (Å²) in [6, 6.07) is 20.7. The fourth-order valence-electron chi connectivity index (χ4n) is 6.49. The molecule has 0 spiro atoms. The third kappa shape index (κ3) is 12.3. The smallest absolute Gasteiger partial charge is 0.360 e. The van der Waals surface area contributed by atoms with Crippen LogP contribution in [-0.4, -0.2) is 95.9 Å². The number of hydrogen-bond donors (Lipinski definition) is 1. The average Bonchev–Trinajstić information content (AvgIpc) is 3.29. The summed E-state index contributed by atoms with van der Waals surface area (Å²) in [6.07, 6.45) is 6.13. The minimum atomic E-state index is -4.20. The lowest BCUT2D eigenvalue weighted by Crippen LogP contribution is -2.38. The normalized spacial score (nSPS) is 15.1. The van der Waals surface area contributed by atoms with Gasteiger partial charge in [0.15, 0.2) is 23.0 Å². The van der Waals surface area contributed by atoms with Crippen LogP contribution in [0.15, 0.2) is 94.7 Å². The minimum Gasteiger partial charge on any atom is -0.484 e. The van der Waals surface area contributed by atoms with Crippen LogP contribution in [-0.2, 0) is 46.2 Å². The van der Waals surface area contributed by atoms with Crippen molar-refractivity contribution in [3.8, 4) is 11.5 Å². The number of rotatable bonds is 9. The van der Waals surface area contributed by atoms with Crippen molar-refractivity contribution < 1.29 is 53.2 Å². The summed E-state index contributed by atoms with van der Waals surface area (Å²) in [6.45, 7) is 4.95. The van der Waals surface area contributed by atoms with Crippen molar-refractivity contribution in [2.45, 2.75) is 58.5 Å². The summed E-state index contributed by atoms with van der Waals surface area (Å²) in [5, 5.41) is 0.994. The van der Waals surface area contributed by atoms with E-state index in [1.54, 1.807) is 42.6 Å². The first-order valence-corrected chi connectivity index (χ1v) is 25.5. The molecule has 2 aromatic carbocycles. The van der Waals surface area contributed by atoms with Gasteiger partial charge in [0.25, 0.3) is 0 Å². The number of anilines is 1. The van der Waals surface area contributed by atoms with Crippen LogP contribution in [0.4, 0.5) is 5.82 Å². The molecule has 8 rings (SSSR count). The largest absolute Gasteiger partial charge is 0.484 e. The first-order valence-electron chi connectivity index (χ1n) is 20.0. The van der Waals surface area contributed by atoms with Crippen LogP contribution < -0.4 is 17.9 Å². The molecule has 0 amide bonds. The zero-order valence-corrected chi connectivity index (χ0v) is 39.7. The number of sulfonamides is 2. The number of aromatic nitrogens is 4. The summed E-state index contributed by atoms with van der Waals surface area (Å²) >= 11 is 3.25. The van der Waals surface area contributed by atoms with Crippen LogP contribution in [0, 0.1) is 13.8 Å². The van der Waals surface area contributed by atoms with E-state index in [1.165, 1.54) is 36.9 Å². The number of benzene rings is 2. The highest BCUT2D eigenvalue weighted by Crippen LogP contribution is 2.37. The fraction of sp³-hybridized carbons (Fsp3) is 0.318. The second-order valence-corrected chi connectivity index (χ2v) is 20.9. The van der Waals surface area contributed by atoms with Gasteiger partial charge in [-0.25, -0.2) is 41.1 Å². The number of ether oxygens (including phenoxy) is 3. The van der Waals surface area contributed by atoms with Crippen molar-refractivity contribution in [3.05, 3.63) is 118 Å². The number of hydrogen-bond acceptors (Lipinski definition) is 16. The Kier molecular flexibility index (Phi) is 17.2. The molecule has 0 aliphatic carbocycles. The highest BCUT2D eigenvalue weighted by atomic mass is 79.9. The second-order valence-electron chi connectivity index (χ2n) is 14.6. The maximum atomic E-state index is 12.7. The van der Waals surface area contributed by atoms with Gasteiger partial charge in [0.2, 0.25) is 25.8 Å². The molecule has 0 unspecified atom stereocenters. The van der Waals surface area contributed by atoms with Crippen LogP contribution in [0.2, 0.25) is 0 Å². The lowest BCUT2D eigenvalue weighted by atomic mass is 10.1. The first-order chi connectivity index (χ1) is 30.9. The topological polar surface area (TPSA) is 240 Å². The summed E-state index contributed by atoms with van der Waals surface area (Å²) in [4.78, 5) is 41.6. The van der Waals surface area contributed by atoms with E-state index in [0.29, 0.717) is 52.6 Å². The average molecular weight is 1030 g/mol. The molecule has 0 atom stereocenters. The SMILES string of the molecule is C.COC(=O)c1nc(Br)c2cccnc2c1OS(=O)(=O)c1ccc(C)cc1.COC(=O)c1nc(N2CCCCS2(=O)=O)c2cccnc2c1OCc1ccc(C)cc1.O=S1(=O)CCCCN1. The molecule has 2 aliphatic heterocycles.